The zero-order valence-corrected chi connectivity index (χ0v) is 20.1. The van der Waals surface area contributed by atoms with Crippen molar-refractivity contribution in [1.29, 1.82) is 0 Å². The molecule has 4 N–H and O–H groups in total. The molecule has 180 valence electrons. The number of hydrogen-bond acceptors (Lipinski definition) is 5. The zero-order valence-electron chi connectivity index (χ0n) is 20.1. The van der Waals surface area contributed by atoms with Crippen LogP contribution in [0.4, 0.5) is 0 Å². The number of piperidine rings is 1. The van der Waals surface area contributed by atoms with Crippen molar-refractivity contribution in [3.05, 3.63) is 52.7 Å². The molecule has 0 radical (unpaired) electrons. The van der Waals surface area contributed by atoms with Crippen LogP contribution >= 0.6 is 0 Å². The van der Waals surface area contributed by atoms with Crippen LogP contribution in [0.1, 0.15) is 60.7 Å². The first kappa shape index (κ1) is 21.8. The molecule has 4 atom stereocenters. The van der Waals surface area contributed by atoms with Crippen molar-refractivity contribution in [2.75, 3.05) is 26.7 Å². The Labute approximate surface area is 200 Å². The summed E-state index contributed by atoms with van der Waals surface area (Å²) >= 11 is 0. The second-order valence-electron chi connectivity index (χ2n) is 10.4. The van der Waals surface area contributed by atoms with E-state index in [4.69, 9.17) is 4.74 Å². The molecule has 6 rings (SSSR count). The molecule has 3 aliphatic rings. The quantitative estimate of drug-likeness (QED) is 0.448. The number of benzene rings is 2. The van der Waals surface area contributed by atoms with Crippen molar-refractivity contribution in [3.8, 4) is 17.2 Å². The molecule has 4 heterocycles. The second kappa shape index (κ2) is 8.51. The molecule has 0 bridgehead atoms. The number of aromatic nitrogens is 1. The fourth-order valence-corrected chi connectivity index (χ4v) is 6.91. The minimum atomic E-state index is 0.247. The summed E-state index contributed by atoms with van der Waals surface area (Å²) < 4.78 is 5.46. The van der Waals surface area contributed by atoms with Gasteiger partial charge in [0.05, 0.1) is 7.11 Å². The predicted molar refractivity (Wildman–Crippen MR) is 134 cm³/mol. The molecule has 0 aliphatic carbocycles. The molecule has 1 aromatic heterocycles. The van der Waals surface area contributed by atoms with Crippen molar-refractivity contribution in [2.24, 2.45) is 11.8 Å². The number of hydrogen-bond donors (Lipinski definition) is 4. The third-order valence-electron chi connectivity index (χ3n) is 8.67. The SMILES string of the molecule is CC[C@H]1CN2CCc3cc(O)c(OC)cc3[C@@H]2C[C@@H]1C[C@H]1NCCc2c1[nH]c1ccc(O)cc21. The fraction of sp³-hybridized carbons (Fsp3) is 0.500. The van der Waals surface area contributed by atoms with E-state index in [1.165, 1.54) is 28.8 Å². The Kier molecular flexibility index (Phi) is 5.46. The van der Waals surface area contributed by atoms with Crippen LogP contribution in [0.15, 0.2) is 30.3 Å². The van der Waals surface area contributed by atoms with Crippen LogP contribution in [0, 0.1) is 11.8 Å². The summed E-state index contributed by atoms with van der Waals surface area (Å²) in [5.74, 6) is 2.45. The Bertz CT molecular complexity index is 1220. The molecule has 0 unspecified atom stereocenters. The first-order chi connectivity index (χ1) is 16.6. The Morgan fingerprint density at radius 3 is 2.82 bits per heavy atom. The number of phenols is 2. The van der Waals surface area contributed by atoms with Gasteiger partial charge in [-0.2, -0.15) is 0 Å². The largest absolute Gasteiger partial charge is 0.508 e. The predicted octanol–water partition coefficient (Wildman–Crippen LogP) is 4.81. The number of nitrogens with one attached hydrogen (secondary N) is 2. The highest BCUT2D eigenvalue weighted by atomic mass is 16.5. The van der Waals surface area contributed by atoms with Crippen LogP contribution < -0.4 is 10.1 Å². The Morgan fingerprint density at radius 2 is 2.00 bits per heavy atom. The monoisotopic (exact) mass is 461 g/mol. The molecule has 2 aromatic carbocycles. The number of methoxy groups -OCH3 is 1. The minimum absolute atomic E-state index is 0.247. The smallest absolute Gasteiger partial charge is 0.160 e. The normalized spacial score (nSPS) is 26.6. The topological polar surface area (TPSA) is 80.8 Å². The molecule has 6 nitrogen and oxygen atoms in total. The van der Waals surface area contributed by atoms with Gasteiger partial charge < -0.3 is 25.3 Å². The maximum absolute atomic E-state index is 10.3. The third-order valence-corrected chi connectivity index (χ3v) is 8.67. The average molecular weight is 462 g/mol. The Morgan fingerprint density at radius 1 is 1.12 bits per heavy atom. The lowest BCUT2D eigenvalue weighted by molar-refractivity contribution is 0.0433. The summed E-state index contributed by atoms with van der Waals surface area (Å²) in [4.78, 5) is 6.34. The van der Waals surface area contributed by atoms with Gasteiger partial charge in [0, 0.05) is 41.8 Å². The van der Waals surface area contributed by atoms with E-state index in [1.54, 1.807) is 13.2 Å². The van der Waals surface area contributed by atoms with Crippen LogP contribution in [0.5, 0.6) is 17.2 Å². The van der Waals surface area contributed by atoms with Crippen molar-refractivity contribution >= 4 is 10.9 Å². The molecule has 3 aromatic rings. The van der Waals surface area contributed by atoms with Crippen LogP contribution in [0.2, 0.25) is 0 Å². The Balaban J connectivity index is 1.30. The first-order valence-electron chi connectivity index (χ1n) is 12.8. The highest BCUT2D eigenvalue weighted by molar-refractivity contribution is 5.86. The summed E-state index contributed by atoms with van der Waals surface area (Å²) in [6, 6.07) is 10.3. The molecule has 0 amide bonds. The van der Waals surface area contributed by atoms with Gasteiger partial charge in [-0.05, 0) is 91.1 Å². The van der Waals surface area contributed by atoms with Gasteiger partial charge in [-0.15, -0.1) is 0 Å². The number of aromatic amines is 1. The van der Waals surface area contributed by atoms with E-state index in [0.29, 0.717) is 35.4 Å². The lowest BCUT2D eigenvalue weighted by Gasteiger charge is -2.48. The first-order valence-corrected chi connectivity index (χ1v) is 12.8. The molecular formula is C28H35N3O3. The van der Waals surface area contributed by atoms with E-state index in [2.05, 4.69) is 28.2 Å². The van der Waals surface area contributed by atoms with Gasteiger partial charge in [-0.3, -0.25) is 4.90 Å². The van der Waals surface area contributed by atoms with E-state index in [0.717, 1.165) is 56.2 Å². The summed E-state index contributed by atoms with van der Waals surface area (Å²) in [6.45, 7) is 5.50. The van der Waals surface area contributed by atoms with Gasteiger partial charge in [0.25, 0.3) is 0 Å². The number of nitrogens with zero attached hydrogens (tertiary/aromatic N) is 1. The van der Waals surface area contributed by atoms with Gasteiger partial charge in [-0.1, -0.05) is 13.3 Å². The molecule has 3 aliphatic heterocycles. The molecule has 34 heavy (non-hydrogen) atoms. The Hall–Kier alpha value is -2.70. The minimum Gasteiger partial charge on any atom is -0.508 e. The molecular weight excluding hydrogens is 426 g/mol. The van der Waals surface area contributed by atoms with Gasteiger partial charge in [0.2, 0.25) is 0 Å². The van der Waals surface area contributed by atoms with Crippen LogP contribution in [-0.4, -0.2) is 46.8 Å². The van der Waals surface area contributed by atoms with Gasteiger partial charge >= 0.3 is 0 Å². The number of phenolic OH excluding ortho intramolecular Hbond substituents is 2. The molecule has 1 saturated heterocycles. The van der Waals surface area contributed by atoms with E-state index >= 15 is 0 Å². The third kappa shape index (κ3) is 3.55. The fourth-order valence-electron chi connectivity index (χ4n) is 6.91. The van der Waals surface area contributed by atoms with Crippen LogP contribution in [0.25, 0.3) is 10.9 Å². The number of fused-ring (bicyclic) bond motifs is 6. The van der Waals surface area contributed by atoms with Gasteiger partial charge in [0.15, 0.2) is 11.5 Å². The standard InChI is InChI=1S/C28H35N3O3/c1-3-16-15-31-9-7-17-12-26(33)27(34-2)14-21(17)25(31)11-18(16)10-24-28-20(6-8-29-24)22-13-19(32)4-5-23(22)30-28/h4-5,12-14,16,18,24-25,29-30,32-33H,3,6-11,15H2,1-2H3/t16-,18-,24+,25-/m0/s1. The summed E-state index contributed by atoms with van der Waals surface area (Å²) in [7, 11) is 1.63. The lowest BCUT2D eigenvalue weighted by Crippen LogP contribution is -2.46. The number of rotatable bonds is 4. The van der Waals surface area contributed by atoms with Crippen molar-refractivity contribution in [3.63, 3.8) is 0 Å². The summed E-state index contributed by atoms with van der Waals surface area (Å²) in [6.07, 6.45) is 5.41. The second-order valence-corrected chi connectivity index (χ2v) is 10.4. The van der Waals surface area contributed by atoms with Crippen LogP contribution in [0.3, 0.4) is 0 Å². The molecule has 0 saturated carbocycles. The van der Waals surface area contributed by atoms with Gasteiger partial charge in [0.1, 0.15) is 5.75 Å². The highest BCUT2D eigenvalue weighted by Gasteiger charge is 2.40. The number of aromatic hydroxyl groups is 2. The zero-order chi connectivity index (χ0) is 23.4. The summed E-state index contributed by atoms with van der Waals surface area (Å²) in [5.41, 5.74) is 6.38. The molecule has 0 spiro atoms. The van der Waals surface area contributed by atoms with Crippen LogP contribution in [-0.2, 0) is 12.8 Å². The van der Waals surface area contributed by atoms with E-state index in [9.17, 15) is 10.2 Å². The highest BCUT2D eigenvalue weighted by Crippen LogP contribution is 2.47. The maximum atomic E-state index is 10.3. The average Bonchev–Trinajstić information content (AvgIpc) is 3.22. The van der Waals surface area contributed by atoms with Crippen molar-refractivity contribution in [1.82, 2.24) is 15.2 Å². The van der Waals surface area contributed by atoms with Crippen molar-refractivity contribution in [2.45, 2.75) is 51.1 Å². The van der Waals surface area contributed by atoms with E-state index in [-0.39, 0.29) is 5.75 Å². The van der Waals surface area contributed by atoms with E-state index in [1.807, 2.05) is 18.2 Å². The van der Waals surface area contributed by atoms with Crippen molar-refractivity contribution < 1.29 is 14.9 Å². The summed E-state index contributed by atoms with van der Waals surface area (Å²) in [5, 5.41) is 25.3. The molecule has 6 heteroatoms. The van der Waals surface area contributed by atoms with Gasteiger partial charge in [-0.25, -0.2) is 0 Å². The maximum Gasteiger partial charge on any atom is 0.160 e. The molecule has 1 fully saturated rings. The number of H-pyrrole nitrogens is 1. The van der Waals surface area contributed by atoms with E-state index < -0.39 is 0 Å². The lowest BCUT2D eigenvalue weighted by atomic mass is 9.73. The number of ether oxygens (including phenoxy) is 1.